The predicted octanol–water partition coefficient (Wildman–Crippen LogP) is 2.33. The van der Waals surface area contributed by atoms with E-state index in [1.54, 1.807) is 6.66 Å². The van der Waals surface area contributed by atoms with E-state index in [1.807, 2.05) is 19.6 Å². The molecule has 1 atom stereocenters. The summed E-state index contributed by atoms with van der Waals surface area (Å²) >= 11 is 0. The highest BCUT2D eigenvalue weighted by Crippen LogP contribution is 2.45. The van der Waals surface area contributed by atoms with Crippen LogP contribution >= 0.6 is 7.37 Å². The lowest BCUT2D eigenvalue weighted by Crippen LogP contribution is -2.24. The van der Waals surface area contributed by atoms with Crippen LogP contribution in [0.25, 0.3) is 0 Å². The van der Waals surface area contributed by atoms with Crippen LogP contribution in [-0.4, -0.2) is 27.4 Å². The van der Waals surface area contributed by atoms with Crippen molar-refractivity contribution < 1.29 is 13.6 Å². The van der Waals surface area contributed by atoms with Gasteiger partial charge in [0.05, 0.1) is 0 Å². The van der Waals surface area contributed by atoms with Gasteiger partial charge in [-0.3, -0.25) is 4.57 Å². The SMILES string of the molecule is C[Si](C)(C)OP(C)(=O)CCC=O. The normalized spacial score (nSPS) is 17.0. The van der Waals surface area contributed by atoms with Gasteiger partial charge in [-0.25, -0.2) is 0 Å². The molecular formula is C7H17O3PSi. The molecule has 0 heterocycles. The minimum Gasteiger partial charge on any atom is -0.370 e. The van der Waals surface area contributed by atoms with Gasteiger partial charge in [-0.2, -0.15) is 0 Å². The van der Waals surface area contributed by atoms with Crippen molar-refractivity contribution in [3.8, 4) is 0 Å². The maximum Gasteiger partial charge on any atom is 0.192 e. The molecule has 3 nitrogen and oxygen atoms in total. The van der Waals surface area contributed by atoms with Crippen molar-refractivity contribution >= 4 is 22.0 Å². The highest BCUT2D eigenvalue weighted by Gasteiger charge is 2.25. The zero-order valence-corrected chi connectivity index (χ0v) is 10.1. The summed E-state index contributed by atoms with van der Waals surface area (Å²) in [4.78, 5) is 10.1. The molecule has 12 heavy (non-hydrogen) atoms. The minimum atomic E-state index is -2.50. The van der Waals surface area contributed by atoms with Gasteiger partial charge >= 0.3 is 0 Å². The van der Waals surface area contributed by atoms with E-state index in [2.05, 4.69) is 0 Å². The quantitative estimate of drug-likeness (QED) is 0.395. The summed E-state index contributed by atoms with van der Waals surface area (Å²) in [5, 5.41) is 0. The van der Waals surface area contributed by atoms with E-state index in [-0.39, 0.29) is 0 Å². The molecule has 0 aliphatic carbocycles. The van der Waals surface area contributed by atoms with Crippen LogP contribution in [0.4, 0.5) is 0 Å². The number of rotatable bonds is 5. The number of carbonyl (C=O) groups is 1. The lowest BCUT2D eigenvalue weighted by Gasteiger charge is -2.22. The zero-order valence-electron chi connectivity index (χ0n) is 8.16. The molecule has 0 bridgehead atoms. The Morgan fingerprint density at radius 1 is 1.42 bits per heavy atom. The van der Waals surface area contributed by atoms with Crippen LogP contribution in [0.1, 0.15) is 6.42 Å². The second-order valence-corrected chi connectivity index (χ2v) is 11.3. The molecule has 0 saturated heterocycles. The minimum absolute atomic E-state index is 0.332. The van der Waals surface area contributed by atoms with E-state index >= 15 is 0 Å². The van der Waals surface area contributed by atoms with Crippen molar-refractivity contribution in [2.75, 3.05) is 12.8 Å². The Bertz CT molecular complexity index is 197. The van der Waals surface area contributed by atoms with E-state index < -0.39 is 15.7 Å². The average molecular weight is 208 g/mol. The molecule has 0 radical (unpaired) electrons. The molecule has 0 rings (SSSR count). The Balaban J connectivity index is 4.04. The van der Waals surface area contributed by atoms with E-state index in [0.29, 0.717) is 12.6 Å². The lowest BCUT2D eigenvalue weighted by molar-refractivity contribution is -0.107. The van der Waals surface area contributed by atoms with Crippen molar-refractivity contribution in [1.29, 1.82) is 0 Å². The Kier molecular flexibility index (Phi) is 4.38. The third kappa shape index (κ3) is 6.77. The summed E-state index contributed by atoms with van der Waals surface area (Å²) in [5.41, 5.74) is 0. The van der Waals surface area contributed by atoms with Crippen LogP contribution in [0, 0.1) is 0 Å². The third-order valence-electron chi connectivity index (χ3n) is 1.12. The number of aldehydes is 1. The molecule has 0 N–H and O–H groups in total. The topological polar surface area (TPSA) is 43.4 Å². The molecule has 0 aromatic rings. The van der Waals surface area contributed by atoms with Gasteiger partial charge < -0.3 is 9.01 Å². The molecule has 72 valence electrons. The van der Waals surface area contributed by atoms with Gasteiger partial charge in [0.2, 0.25) is 0 Å². The predicted molar refractivity (Wildman–Crippen MR) is 53.5 cm³/mol. The molecule has 1 unspecified atom stereocenters. The van der Waals surface area contributed by atoms with Crippen molar-refractivity contribution in [3.63, 3.8) is 0 Å². The molecule has 0 saturated carbocycles. The fourth-order valence-electron chi connectivity index (χ4n) is 0.912. The Morgan fingerprint density at radius 3 is 2.25 bits per heavy atom. The van der Waals surface area contributed by atoms with E-state index in [1.165, 1.54) is 0 Å². The van der Waals surface area contributed by atoms with Crippen LogP contribution in [0.3, 0.4) is 0 Å². The molecule has 0 aromatic heterocycles. The Hall–Kier alpha value is 0.0769. The average Bonchev–Trinajstić information content (AvgIpc) is 1.78. The van der Waals surface area contributed by atoms with Gasteiger partial charge in [-0.15, -0.1) is 0 Å². The first-order chi connectivity index (χ1) is 5.27. The van der Waals surface area contributed by atoms with Crippen LogP contribution in [0.15, 0.2) is 0 Å². The van der Waals surface area contributed by atoms with Crippen LogP contribution in [0.5, 0.6) is 0 Å². The van der Waals surface area contributed by atoms with Gasteiger partial charge in [0.15, 0.2) is 15.7 Å². The van der Waals surface area contributed by atoms with E-state index in [0.717, 1.165) is 6.29 Å². The van der Waals surface area contributed by atoms with Crippen molar-refractivity contribution in [3.05, 3.63) is 0 Å². The first-order valence-electron chi connectivity index (χ1n) is 3.98. The van der Waals surface area contributed by atoms with Crippen molar-refractivity contribution in [2.45, 2.75) is 26.1 Å². The summed E-state index contributed by atoms with van der Waals surface area (Å²) < 4.78 is 17.1. The Morgan fingerprint density at radius 2 is 1.92 bits per heavy atom. The van der Waals surface area contributed by atoms with E-state index in [9.17, 15) is 9.36 Å². The van der Waals surface area contributed by atoms with Gasteiger partial charge in [0.25, 0.3) is 0 Å². The monoisotopic (exact) mass is 208 g/mol. The van der Waals surface area contributed by atoms with Crippen molar-refractivity contribution in [1.82, 2.24) is 0 Å². The molecule has 0 spiro atoms. The summed E-state index contributed by atoms with van der Waals surface area (Å²) in [5.74, 6) is 0. The first kappa shape index (κ1) is 12.1. The highest BCUT2D eigenvalue weighted by molar-refractivity contribution is 7.59. The van der Waals surface area contributed by atoms with Crippen LogP contribution in [0.2, 0.25) is 19.6 Å². The van der Waals surface area contributed by atoms with Crippen LogP contribution < -0.4 is 0 Å². The lowest BCUT2D eigenvalue weighted by atomic mass is 10.6. The van der Waals surface area contributed by atoms with Gasteiger partial charge in [0, 0.05) is 19.2 Å². The smallest absolute Gasteiger partial charge is 0.192 e. The molecule has 0 aromatic carbocycles. The summed E-state index contributed by atoms with van der Waals surface area (Å²) in [7, 11) is -4.22. The fourth-order valence-corrected chi connectivity index (χ4v) is 6.49. The van der Waals surface area contributed by atoms with Crippen LogP contribution in [-0.2, 0) is 13.6 Å². The van der Waals surface area contributed by atoms with Gasteiger partial charge in [-0.05, 0) is 19.6 Å². The van der Waals surface area contributed by atoms with E-state index in [4.69, 9.17) is 4.21 Å². The molecule has 0 fully saturated rings. The van der Waals surface area contributed by atoms with Gasteiger partial charge in [0.1, 0.15) is 6.29 Å². The number of carbonyl (C=O) groups excluding carboxylic acids is 1. The fraction of sp³-hybridized carbons (Fsp3) is 0.857. The second-order valence-electron chi connectivity index (χ2n) is 3.90. The third-order valence-corrected chi connectivity index (χ3v) is 5.93. The molecule has 0 aliphatic rings. The maximum absolute atomic E-state index is 11.6. The van der Waals surface area contributed by atoms with Crippen molar-refractivity contribution in [2.24, 2.45) is 0 Å². The molecule has 0 amide bonds. The van der Waals surface area contributed by atoms with Gasteiger partial charge in [-0.1, -0.05) is 0 Å². The summed E-state index contributed by atoms with van der Waals surface area (Å²) in [6.45, 7) is 7.58. The summed E-state index contributed by atoms with van der Waals surface area (Å²) in [6, 6.07) is 0. The molecule has 5 heteroatoms. The standard InChI is InChI=1S/C7H17O3PSi/c1-11(9,7-5-6-8)10-12(2,3)4/h6H,5,7H2,1-4H3. The number of hydrogen-bond donors (Lipinski definition) is 0. The first-order valence-corrected chi connectivity index (χ1v) is 9.64. The largest absolute Gasteiger partial charge is 0.370 e. The zero-order chi connectivity index (χ0) is 9.83. The number of hydrogen-bond acceptors (Lipinski definition) is 3. The highest BCUT2D eigenvalue weighted by atomic mass is 31.2. The molecular weight excluding hydrogens is 191 g/mol. The second kappa shape index (κ2) is 4.35. The summed E-state index contributed by atoms with van der Waals surface area (Å²) in [6.07, 6.45) is 1.49. The molecule has 0 aliphatic heterocycles. The maximum atomic E-state index is 11.6. The Labute approximate surface area is 75.1 Å².